The largest absolute Gasteiger partial charge is 0.504 e. The number of hydrogen-bond acceptors (Lipinski definition) is 3. The maximum atomic E-state index is 13.2. The number of carboxylic acids is 1. The lowest BCUT2D eigenvalue weighted by Crippen LogP contribution is -2.42. The number of rotatable bonds is 5. The predicted octanol–water partition coefficient (Wildman–Crippen LogP) is 2.10. The van der Waals surface area contributed by atoms with Crippen molar-refractivity contribution in [2.24, 2.45) is 0 Å². The molecule has 2 rings (SSSR count). The van der Waals surface area contributed by atoms with Crippen molar-refractivity contribution in [1.29, 1.82) is 0 Å². The molecule has 0 aliphatic carbocycles. The molecular formula is C16H13F2NO4. The van der Waals surface area contributed by atoms with Crippen LogP contribution in [0, 0.1) is 11.6 Å². The number of carboxylic acid groups (broad SMARTS) is 1. The number of hydrogen-bond donors (Lipinski definition) is 3. The Morgan fingerprint density at radius 3 is 2.35 bits per heavy atom. The number of aromatic hydroxyl groups is 1. The van der Waals surface area contributed by atoms with Crippen LogP contribution in [0.5, 0.6) is 5.75 Å². The summed E-state index contributed by atoms with van der Waals surface area (Å²) in [4.78, 5) is 23.3. The van der Waals surface area contributed by atoms with Gasteiger partial charge < -0.3 is 15.5 Å². The number of halogens is 2. The van der Waals surface area contributed by atoms with E-state index in [1.54, 1.807) is 0 Å². The van der Waals surface area contributed by atoms with Gasteiger partial charge >= 0.3 is 5.97 Å². The molecule has 0 saturated heterocycles. The quantitative estimate of drug-likeness (QED) is 0.787. The Morgan fingerprint density at radius 1 is 1.09 bits per heavy atom. The fourth-order valence-corrected chi connectivity index (χ4v) is 1.99. The molecule has 5 nitrogen and oxygen atoms in total. The zero-order valence-electron chi connectivity index (χ0n) is 11.8. The summed E-state index contributed by atoms with van der Waals surface area (Å²) in [6, 6.07) is 7.20. The van der Waals surface area contributed by atoms with Gasteiger partial charge in [0.25, 0.3) is 5.91 Å². The second-order valence-electron chi connectivity index (χ2n) is 4.83. The monoisotopic (exact) mass is 321 g/mol. The topological polar surface area (TPSA) is 86.6 Å². The first kappa shape index (κ1) is 16.4. The lowest BCUT2D eigenvalue weighted by molar-refractivity contribution is -0.139. The summed E-state index contributed by atoms with van der Waals surface area (Å²) >= 11 is 0. The van der Waals surface area contributed by atoms with E-state index in [1.165, 1.54) is 36.4 Å². The summed E-state index contributed by atoms with van der Waals surface area (Å²) in [7, 11) is 0. The summed E-state index contributed by atoms with van der Waals surface area (Å²) in [6.45, 7) is 0. The van der Waals surface area contributed by atoms with E-state index in [0.717, 1.165) is 6.07 Å². The van der Waals surface area contributed by atoms with E-state index in [1.807, 2.05) is 0 Å². The highest BCUT2D eigenvalue weighted by atomic mass is 19.1. The van der Waals surface area contributed by atoms with Gasteiger partial charge in [-0.05, 0) is 29.8 Å². The Morgan fingerprint density at radius 2 is 1.74 bits per heavy atom. The van der Waals surface area contributed by atoms with Crippen LogP contribution >= 0.6 is 0 Å². The molecule has 1 amide bonds. The molecule has 0 fully saturated rings. The van der Waals surface area contributed by atoms with Gasteiger partial charge in [0.1, 0.15) is 11.9 Å². The third kappa shape index (κ3) is 4.03. The van der Waals surface area contributed by atoms with Crippen LogP contribution in [0.2, 0.25) is 0 Å². The Hall–Kier alpha value is -2.96. The molecule has 3 N–H and O–H groups in total. The van der Waals surface area contributed by atoms with E-state index in [9.17, 15) is 28.6 Å². The summed E-state index contributed by atoms with van der Waals surface area (Å²) in [5.41, 5.74) is 0.137. The van der Waals surface area contributed by atoms with E-state index in [-0.39, 0.29) is 12.0 Å². The lowest BCUT2D eigenvalue weighted by Gasteiger charge is -2.15. The average Bonchev–Trinajstić information content (AvgIpc) is 2.51. The van der Waals surface area contributed by atoms with Gasteiger partial charge in [0.15, 0.2) is 11.6 Å². The molecule has 0 unspecified atom stereocenters. The second kappa shape index (κ2) is 6.87. The van der Waals surface area contributed by atoms with Crippen LogP contribution < -0.4 is 5.32 Å². The van der Waals surface area contributed by atoms with Gasteiger partial charge in [0, 0.05) is 6.42 Å². The van der Waals surface area contributed by atoms with Crippen molar-refractivity contribution in [2.75, 3.05) is 0 Å². The number of aliphatic carboxylic acids is 1. The summed E-state index contributed by atoms with van der Waals surface area (Å²) in [6.07, 6.45) is -0.0859. The fourth-order valence-electron chi connectivity index (χ4n) is 1.99. The molecule has 0 aliphatic heterocycles. The smallest absolute Gasteiger partial charge is 0.326 e. The first-order valence-corrected chi connectivity index (χ1v) is 6.64. The molecular weight excluding hydrogens is 308 g/mol. The van der Waals surface area contributed by atoms with E-state index < -0.39 is 35.3 Å². The van der Waals surface area contributed by atoms with Crippen LogP contribution in [0.4, 0.5) is 8.78 Å². The van der Waals surface area contributed by atoms with Crippen LogP contribution in [0.25, 0.3) is 0 Å². The fraction of sp³-hybridized carbons (Fsp3) is 0.125. The number of amides is 1. The van der Waals surface area contributed by atoms with E-state index in [2.05, 4.69) is 5.32 Å². The van der Waals surface area contributed by atoms with Gasteiger partial charge in [-0.2, -0.15) is 0 Å². The first-order valence-electron chi connectivity index (χ1n) is 6.64. The zero-order chi connectivity index (χ0) is 17.0. The zero-order valence-corrected chi connectivity index (χ0v) is 11.8. The van der Waals surface area contributed by atoms with Crippen molar-refractivity contribution in [3.8, 4) is 5.75 Å². The Labute approximate surface area is 130 Å². The molecule has 0 heterocycles. The molecule has 0 saturated carbocycles. The standard InChI is InChI=1S/C16H13F2NO4/c17-10-6-4-9(5-7-10)8-13(16(22)23)19-15(21)11-2-1-3-12(18)14(11)20/h1-7,13,20H,8H2,(H,19,21)(H,22,23)/t13-/m1/s1. The van der Waals surface area contributed by atoms with Gasteiger partial charge in [0.2, 0.25) is 0 Å². The highest BCUT2D eigenvalue weighted by Crippen LogP contribution is 2.20. The van der Waals surface area contributed by atoms with E-state index in [4.69, 9.17) is 0 Å². The second-order valence-corrected chi connectivity index (χ2v) is 4.83. The number of phenols is 1. The molecule has 120 valence electrons. The number of carbonyl (C=O) groups is 2. The van der Waals surface area contributed by atoms with Gasteiger partial charge in [-0.3, -0.25) is 4.79 Å². The number of carbonyl (C=O) groups excluding carboxylic acids is 1. The Kier molecular flexibility index (Phi) is 4.90. The maximum Gasteiger partial charge on any atom is 0.326 e. The molecule has 0 bridgehead atoms. The van der Waals surface area contributed by atoms with Crippen molar-refractivity contribution in [3.05, 3.63) is 65.2 Å². The molecule has 0 radical (unpaired) electrons. The van der Waals surface area contributed by atoms with Crippen molar-refractivity contribution >= 4 is 11.9 Å². The normalized spacial score (nSPS) is 11.7. The number of phenolic OH excluding ortho intramolecular Hbond substituents is 1. The number of nitrogens with one attached hydrogen (secondary N) is 1. The van der Waals surface area contributed by atoms with Gasteiger partial charge in [-0.15, -0.1) is 0 Å². The molecule has 0 aliphatic rings. The molecule has 23 heavy (non-hydrogen) atoms. The van der Waals surface area contributed by atoms with Gasteiger partial charge in [0.05, 0.1) is 5.56 Å². The van der Waals surface area contributed by atoms with Crippen LogP contribution in [0.1, 0.15) is 15.9 Å². The minimum absolute atomic E-state index is 0.0859. The predicted molar refractivity (Wildman–Crippen MR) is 77.1 cm³/mol. The summed E-state index contributed by atoms with van der Waals surface area (Å²) < 4.78 is 26.1. The van der Waals surface area contributed by atoms with Crippen LogP contribution in [0.3, 0.4) is 0 Å². The van der Waals surface area contributed by atoms with Gasteiger partial charge in [-0.25, -0.2) is 13.6 Å². The Balaban J connectivity index is 2.16. The van der Waals surface area contributed by atoms with E-state index >= 15 is 0 Å². The van der Waals surface area contributed by atoms with Crippen molar-refractivity contribution in [3.63, 3.8) is 0 Å². The molecule has 0 spiro atoms. The summed E-state index contributed by atoms with van der Waals surface area (Å²) in [5, 5.41) is 20.9. The maximum absolute atomic E-state index is 13.2. The SMILES string of the molecule is O=C(N[C@H](Cc1ccc(F)cc1)C(=O)O)c1cccc(F)c1O. The molecule has 0 aromatic heterocycles. The van der Waals surface area contributed by atoms with Crippen LogP contribution in [-0.4, -0.2) is 28.1 Å². The molecule has 2 aromatic carbocycles. The van der Waals surface area contributed by atoms with Crippen molar-refractivity contribution in [2.45, 2.75) is 12.5 Å². The highest BCUT2D eigenvalue weighted by Gasteiger charge is 2.23. The van der Waals surface area contributed by atoms with Crippen LogP contribution in [0.15, 0.2) is 42.5 Å². The van der Waals surface area contributed by atoms with E-state index in [0.29, 0.717) is 5.56 Å². The average molecular weight is 321 g/mol. The van der Waals surface area contributed by atoms with Gasteiger partial charge in [-0.1, -0.05) is 18.2 Å². The summed E-state index contributed by atoms with van der Waals surface area (Å²) in [5.74, 6) is -4.52. The number of benzene rings is 2. The van der Waals surface area contributed by atoms with Crippen molar-refractivity contribution in [1.82, 2.24) is 5.32 Å². The lowest BCUT2D eigenvalue weighted by atomic mass is 10.1. The minimum atomic E-state index is -1.31. The Bertz CT molecular complexity index is 731. The third-order valence-corrected chi connectivity index (χ3v) is 3.19. The highest BCUT2D eigenvalue weighted by molar-refractivity contribution is 5.98. The molecule has 7 heteroatoms. The molecule has 2 aromatic rings. The minimum Gasteiger partial charge on any atom is -0.504 e. The number of para-hydroxylation sites is 1. The first-order chi connectivity index (χ1) is 10.9. The third-order valence-electron chi connectivity index (χ3n) is 3.19. The molecule has 1 atom stereocenters. The van der Waals surface area contributed by atoms with Crippen LogP contribution in [-0.2, 0) is 11.2 Å². The van der Waals surface area contributed by atoms with Crippen molar-refractivity contribution < 1.29 is 28.6 Å².